The smallest absolute Gasteiger partial charge is 0.249 e. The standard InChI is InChI=1S/C24H25N3O3S/c1-14(27-22(29)18-8-4-5-9-19(18)23(27)30)21(28)26-24-25-20(13-31-24)17-11-10-15-6-2-3-7-16(15)12-17/h4-5,10-14,18-19H,2-3,6-9H2,1H3,(H,25,26,28)/t14-,18?,19?/m0/s1. The summed E-state index contributed by atoms with van der Waals surface area (Å²) >= 11 is 1.35. The summed E-state index contributed by atoms with van der Waals surface area (Å²) in [7, 11) is 0. The number of allylic oxidation sites excluding steroid dienone is 2. The van der Waals surface area contributed by atoms with Gasteiger partial charge in [-0.3, -0.25) is 19.3 Å². The van der Waals surface area contributed by atoms with Gasteiger partial charge in [-0.2, -0.15) is 0 Å². The monoisotopic (exact) mass is 435 g/mol. The minimum Gasteiger partial charge on any atom is -0.300 e. The van der Waals surface area contributed by atoms with Gasteiger partial charge in [0, 0.05) is 10.9 Å². The zero-order chi connectivity index (χ0) is 21.5. The molecule has 1 N–H and O–H groups in total. The van der Waals surface area contributed by atoms with Crippen molar-refractivity contribution in [2.45, 2.75) is 51.5 Å². The van der Waals surface area contributed by atoms with Crippen LogP contribution in [0, 0.1) is 11.8 Å². The number of rotatable bonds is 4. The number of benzene rings is 1. The molecule has 31 heavy (non-hydrogen) atoms. The van der Waals surface area contributed by atoms with Gasteiger partial charge in [0.25, 0.3) is 0 Å². The predicted octanol–water partition coefficient (Wildman–Crippen LogP) is 3.97. The van der Waals surface area contributed by atoms with E-state index in [9.17, 15) is 14.4 Å². The Balaban J connectivity index is 1.29. The van der Waals surface area contributed by atoms with Crippen LogP contribution in [0.5, 0.6) is 0 Å². The van der Waals surface area contributed by atoms with Gasteiger partial charge in [0.05, 0.1) is 17.5 Å². The second-order valence-electron chi connectivity index (χ2n) is 8.60. The Morgan fingerprint density at radius 3 is 2.48 bits per heavy atom. The van der Waals surface area contributed by atoms with Crippen LogP contribution in [0.2, 0.25) is 0 Å². The number of hydrogen-bond acceptors (Lipinski definition) is 5. The van der Waals surface area contributed by atoms with Crippen molar-refractivity contribution in [2.75, 3.05) is 5.32 Å². The fourth-order valence-corrected chi connectivity index (χ4v) is 5.61. The highest BCUT2D eigenvalue weighted by molar-refractivity contribution is 7.14. The van der Waals surface area contributed by atoms with Gasteiger partial charge in [0.2, 0.25) is 17.7 Å². The first-order valence-electron chi connectivity index (χ1n) is 10.9. The molecular formula is C24H25N3O3S. The van der Waals surface area contributed by atoms with E-state index >= 15 is 0 Å². The number of nitrogens with zero attached hydrogens (tertiary/aromatic N) is 2. The van der Waals surface area contributed by atoms with E-state index in [4.69, 9.17) is 0 Å². The summed E-state index contributed by atoms with van der Waals surface area (Å²) in [6.45, 7) is 1.61. The van der Waals surface area contributed by atoms with Crippen molar-refractivity contribution < 1.29 is 14.4 Å². The molecule has 3 atom stereocenters. The second kappa shape index (κ2) is 8.04. The van der Waals surface area contributed by atoms with Crippen molar-refractivity contribution in [1.29, 1.82) is 0 Å². The summed E-state index contributed by atoms with van der Waals surface area (Å²) in [5, 5.41) is 5.20. The SMILES string of the molecule is C[C@@H](C(=O)Nc1nc(-c2ccc3c(c2)CCCC3)cs1)N1C(=O)C2CC=CCC2C1=O. The number of carbonyl (C=O) groups excluding carboxylic acids is 3. The van der Waals surface area contributed by atoms with Crippen molar-refractivity contribution in [3.63, 3.8) is 0 Å². The summed E-state index contributed by atoms with van der Waals surface area (Å²) in [5.74, 6) is -1.53. The molecule has 7 heteroatoms. The third-order valence-corrected chi connectivity index (χ3v) is 7.44. The summed E-state index contributed by atoms with van der Waals surface area (Å²) in [6, 6.07) is 5.61. The van der Waals surface area contributed by atoms with E-state index in [-0.39, 0.29) is 29.6 Å². The first-order chi connectivity index (χ1) is 15.0. The Morgan fingerprint density at radius 2 is 1.77 bits per heavy atom. The van der Waals surface area contributed by atoms with Gasteiger partial charge >= 0.3 is 0 Å². The van der Waals surface area contributed by atoms with Gasteiger partial charge in [0.15, 0.2) is 5.13 Å². The van der Waals surface area contributed by atoms with E-state index in [2.05, 4.69) is 28.5 Å². The number of fused-ring (bicyclic) bond motifs is 2. The summed E-state index contributed by atoms with van der Waals surface area (Å²) < 4.78 is 0. The zero-order valence-corrected chi connectivity index (χ0v) is 18.3. The van der Waals surface area contributed by atoms with E-state index in [0.29, 0.717) is 18.0 Å². The van der Waals surface area contributed by atoms with Gasteiger partial charge in [-0.15, -0.1) is 11.3 Å². The number of carbonyl (C=O) groups is 3. The number of anilines is 1. The molecule has 1 saturated heterocycles. The lowest BCUT2D eigenvalue weighted by Crippen LogP contribution is -2.46. The van der Waals surface area contributed by atoms with E-state index in [1.807, 2.05) is 17.5 Å². The van der Waals surface area contributed by atoms with Crippen LogP contribution in [0.25, 0.3) is 11.3 Å². The average molecular weight is 436 g/mol. The quantitative estimate of drug-likeness (QED) is 0.582. The Bertz CT molecular complexity index is 1060. The predicted molar refractivity (Wildman–Crippen MR) is 119 cm³/mol. The lowest BCUT2D eigenvalue weighted by molar-refractivity contribution is -0.146. The largest absolute Gasteiger partial charge is 0.300 e. The first-order valence-corrected chi connectivity index (χ1v) is 11.8. The van der Waals surface area contributed by atoms with Crippen LogP contribution in [-0.2, 0) is 27.2 Å². The molecule has 160 valence electrons. The van der Waals surface area contributed by atoms with Crippen LogP contribution in [0.3, 0.4) is 0 Å². The molecule has 0 spiro atoms. The molecule has 0 saturated carbocycles. The number of hydrogen-bond donors (Lipinski definition) is 1. The topological polar surface area (TPSA) is 79.4 Å². The lowest BCUT2D eigenvalue weighted by Gasteiger charge is -2.21. The first kappa shape index (κ1) is 20.1. The lowest BCUT2D eigenvalue weighted by atomic mass is 9.85. The number of likely N-dealkylation sites (tertiary alicyclic amines) is 1. The molecule has 2 unspecified atom stereocenters. The fraction of sp³-hybridized carbons (Fsp3) is 0.417. The number of aromatic nitrogens is 1. The molecule has 2 aromatic rings. The maximum atomic E-state index is 12.8. The zero-order valence-electron chi connectivity index (χ0n) is 17.5. The van der Waals surface area contributed by atoms with Gasteiger partial charge in [-0.05, 0) is 62.6 Å². The molecule has 1 aromatic carbocycles. The fourth-order valence-electron chi connectivity index (χ4n) is 4.89. The molecule has 2 aliphatic carbocycles. The second-order valence-corrected chi connectivity index (χ2v) is 9.45. The van der Waals surface area contributed by atoms with Crippen LogP contribution in [0.1, 0.15) is 43.7 Å². The molecule has 0 radical (unpaired) electrons. The van der Waals surface area contributed by atoms with Crippen LogP contribution < -0.4 is 5.32 Å². The normalized spacial score (nSPS) is 23.5. The highest BCUT2D eigenvalue weighted by Crippen LogP contribution is 2.36. The molecule has 1 fully saturated rings. The minimum absolute atomic E-state index is 0.240. The highest BCUT2D eigenvalue weighted by atomic mass is 32.1. The number of imide groups is 1. The van der Waals surface area contributed by atoms with Crippen LogP contribution in [0.4, 0.5) is 5.13 Å². The molecular weight excluding hydrogens is 410 g/mol. The van der Waals surface area contributed by atoms with Gasteiger partial charge < -0.3 is 5.32 Å². The van der Waals surface area contributed by atoms with Crippen molar-refractivity contribution in [3.8, 4) is 11.3 Å². The Hall–Kier alpha value is -2.80. The summed E-state index contributed by atoms with van der Waals surface area (Å²) in [4.78, 5) is 44.0. The van der Waals surface area contributed by atoms with E-state index < -0.39 is 6.04 Å². The van der Waals surface area contributed by atoms with Gasteiger partial charge in [-0.25, -0.2) is 4.98 Å². The highest BCUT2D eigenvalue weighted by Gasteiger charge is 2.50. The minimum atomic E-state index is -0.860. The Labute approximate surface area is 185 Å². The molecule has 2 heterocycles. The average Bonchev–Trinajstić information content (AvgIpc) is 3.36. The van der Waals surface area contributed by atoms with Crippen molar-refractivity contribution in [1.82, 2.24) is 9.88 Å². The third-order valence-electron chi connectivity index (χ3n) is 6.69. The Morgan fingerprint density at radius 1 is 1.10 bits per heavy atom. The summed E-state index contributed by atoms with van der Waals surface area (Å²) in [6.07, 6.45) is 9.72. The van der Waals surface area contributed by atoms with Crippen LogP contribution >= 0.6 is 11.3 Å². The van der Waals surface area contributed by atoms with Crippen LogP contribution in [-0.4, -0.2) is 33.6 Å². The number of aryl methyl sites for hydroxylation is 2. The third kappa shape index (κ3) is 3.61. The maximum absolute atomic E-state index is 12.8. The van der Waals surface area contributed by atoms with Crippen molar-refractivity contribution in [2.24, 2.45) is 11.8 Å². The van der Waals surface area contributed by atoms with Crippen molar-refractivity contribution in [3.05, 3.63) is 46.9 Å². The van der Waals surface area contributed by atoms with E-state index in [0.717, 1.165) is 29.0 Å². The van der Waals surface area contributed by atoms with E-state index in [1.165, 1.54) is 35.3 Å². The molecule has 5 rings (SSSR count). The van der Waals surface area contributed by atoms with Crippen molar-refractivity contribution >= 4 is 34.2 Å². The van der Waals surface area contributed by atoms with Gasteiger partial charge in [0.1, 0.15) is 6.04 Å². The summed E-state index contributed by atoms with van der Waals surface area (Å²) in [5.41, 5.74) is 4.68. The molecule has 6 nitrogen and oxygen atoms in total. The van der Waals surface area contributed by atoms with Crippen LogP contribution in [0.15, 0.2) is 35.7 Å². The number of thiazole rings is 1. The number of nitrogens with one attached hydrogen (secondary N) is 1. The molecule has 3 amide bonds. The van der Waals surface area contributed by atoms with E-state index in [1.54, 1.807) is 6.92 Å². The maximum Gasteiger partial charge on any atom is 0.249 e. The molecule has 3 aliphatic rings. The molecule has 0 bridgehead atoms. The number of amides is 3. The molecule has 1 aromatic heterocycles. The Kier molecular flexibility index (Phi) is 5.22. The van der Waals surface area contributed by atoms with Gasteiger partial charge in [-0.1, -0.05) is 24.3 Å². The molecule has 1 aliphatic heterocycles.